The summed E-state index contributed by atoms with van der Waals surface area (Å²) in [6.07, 6.45) is 0.601. The minimum Gasteiger partial charge on any atom is -0.394 e. The molecule has 10 heteroatoms. The largest absolute Gasteiger partial charge is 0.394 e. The van der Waals surface area contributed by atoms with Crippen molar-refractivity contribution in [2.24, 2.45) is 0 Å². The molecule has 1 amide bonds. The lowest BCUT2D eigenvalue weighted by Crippen LogP contribution is -2.36. The summed E-state index contributed by atoms with van der Waals surface area (Å²) in [5, 5.41) is 11.8. The molecule has 25 heavy (non-hydrogen) atoms. The van der Waals surface area contributed by atoms with Crippen molar-refractivity contribution in [3.63, 3.8) is 0 Å². The van der Waals surface area contributed by atoms with E-state index in [2.05, 4.69) is 10.0 Å². The number of carbonyl (C=O) groups excluding carboxylic acids is 1. The number of aliphatic hydroxyl groups excluding tert-OH is 1. The predicted octanol–water partition coefficient (Wildman–Crippen LogP) is 3.36. The van der Waals surface area contributed by atoms with E-state index in [4.69, 9.17) is 28.3 Å². The molecular weight excluding hydrogens is 407 g/mol. The number of thiophene rings is 1. The maximum atomic E-state index is 12.3. The molecule has 3 N–H and O–H groups in total. The van der Waals surface area contributed by atoms with Crippen molar-refractivity contribution in [2.45, 2.75) is 24.3 Å². The standard InChI is InChI=1S/C15H16Cl2N2O4S2/c1-2-10(8-20)18-15(21)9-3-5-11(6-4-9)19-25(22,23)12-7-13(16)24-14(12)17/h3-7,10,19-20H,2,8H2,1H3,(H,18,21). The quantitative estimate of drug-likeness (QED) is 0.637. The van der Waals surface area contributed by atoms with Gasteiger partial charge in [0.2, 0.25) is 0 Å². The second kappa shape index (κ2) is 8.37. The molecule has 0 aliphatic rings. The van der Waals surface area contributed by atoms with Gasteiger partial charge in [-0.15, -0.1) is 11.3 Å². The minimum absolute atomic E-state index is 0.0723. The molecule has 2 aromatic rings. The van der Waals surface area contributed by atoms with E-state index >= 15 is 0 Å². The lowest BCUT2D eigenvalue weighted by atomic mass is 10.1. The summed E-state index contributed by atoms with van der Waals surface area (Å²) >= 11 is 12.6. The van der Waals surface area contributed by atoms with Gasteiger partial charge in [-0.2, -0.15) is 0 Å². The first-order chi connectivity index (χ1) is 11.8. The molecule has 1 atom stereocenters. The number of aliphatic hydroxyl groups is 1. The van der Waals surface area contributed by atoms with E-state index in [1.54, 1.807) is 0 Å². The van der Waals surface area contributed by atoms with E-state index in [9.17, 15) is 13.2 Å². The molecule has 2 rings (SSSR count). The van der Waals surface area contributed by atoms with Gasteiger partial charge in [-0.05, 0) is 36.8 Å². The van der Waals surface area contributed by atoms with Crippen molar-refractivity contribution in [1.82, 2.24) is 5.32 Å². The number of benzene rings is 1. The summed E-state index contributed by atoms with van der Waals surface area (Å²) in [6.45, 7) is 1.70. The van der Waals surface area contributed by atoms with Crippen molar-refractivity contribution in [3.8, 4) is 0 Å². The van der Waals surface area contributed by atoms with Crippen molar-refractivity contribution in [1.29, 1.82) is 0 Å². The predicted molar refractivity (Wildman–Crippen MR) is 100 cm³/mol. The molecule has 0 saturated carbocycles. The summed E-state index contributed by atoms with van der Waals surface area (Å²) in [7, 11) is -3.87. The summed E-state index contributed by atoms with van der Waals surface area (Å²) in [5.74, 6) is -0.344. The summed E-state index contributed by atoms with van der Waals surface area (Å²) < 4.78 is 27.4. The fourth-order valence-corrected chi connectivity index (χ4v) is 5.16. The first kappa shape index (κ1) is 20.0. The highest BCUT2D eigenvalue weighted by atomic mass is 35.5. The zero-order valence-corrected chi connectivity index (χ0v) is 16.3. The average Bonchev–Trinajstić information content (AvgIpc) is 2.92. The van der Waals surface area contributed by atoms with Gasteiger partial charge in [0.25, 0.3) is 15.9 Å². The Balaban J connectivity index is 2.12. The van der Waals surface area contributed by atoms with Gasteiger partial charge in [0.1, 0.15) is 9.23 Å². The molecule has 1 heterocycles. The molecule has 0 fully saturated rings. The van der Waals surface area contributed by atoms with E-state index in [0.29, 0.717) is 12.0 Å². The monoisotopic (exact) mass is 422 g/mol. The van der Waals surface area contributed by atoms with Crippen LogP contribution in [0.2, 0.25) is 8.67 Å². The smallest absolute Gasteiger partial charge is 0.264 e. The van der Waals surface area contributed by atoms with Crippen LogP contribution in [0.1, 0.15) is 23.7 Å². The topological polar surface area (TPSA) is 95.5 Å². The van der Waals surface area contributed by atoms with Gasteiger partial charge in [0.05, 0.1) is 17.0 Å². The van der Waals surface area contributed by atoms with Gasteiger partial charge < -0.3 is 10.4 Å². The molecule has 0 spiro atoms. The summed E-state index contributed by atoms with van der Waals surface area (Å²) in [4.78, 5) is 11.9. The molecule has 1 unspecified atom stereocenters. The lowest BCUT2D eigenvalue weighted by Gasteiger charge is -2.14. The van der Waals surface area contributed by atoms with Gasteiger partial charge in [-0.1, -0.05) is 30.1 Å². The molecule has 0 saturated heterocycles. The highest BCUT2D eigenvalue weighted by Gasteiger charge is 2.21. The van der Waals surface area contributed by atoms with E-state index in [0.717, 1.165) is 11.3 Å². The van der Waals surface area contributed by atoms with Crippen LogP contribution in [-0.2, 0) is 10.0 Å². The van der Waals surface area contributed by atoms with Crippen LogP contribution in [0.5, 0.6) is 0 Å². The van der Waals surface area contributed by atoms with Crippen molar-refractivity contribution < 1.29 is 18.3 Å². The molecule has 6 nitrogen and oxygen atoms in total. The van der Waals surface area contributed by atoms with Crippen LogP contribution in [0.25, 0.3) is 0 Å². The Hall–Kier alpha value is -1.32. The molecule has 1 aromatic carbocycles. The third-order valence-electron chi connectivity index (χ3n) is 3.36. The number of anilines is 1. The Morgan fingerprint density at radius 1 is 1.28 bits per heavy atom. The zero-order valence-electron chi connectivity index (χ0n) is 13.1. The first-order valence-electron chi connectivity index (χ1n) is 7.26. The molecule has 0 aliphatic heterocycles. The van der Waals surface area contributed by atoms with Crippen LogP contribution in [0.3, 0.4) is 0 Å². The molecule has 1 aromatic heterocycles. The van der Waals surface area contributed by atoms with E-state index < -0.39 is 10.0 Å². The van der Waals surface area contributed by atoms with Gasteiger partial charge in [0.15, 0.2) is 0 Å². The number of sulfonamides is 1. The normalized spacial score (nSPS) is 12.6. The SMILES string of the molecule is CCC(CO)NC(=O)c1ccc(NS(=O)(=O)c2cc(Cl)sc2Cl)cc1. The van der Waals surface area contributed by atoms with Crippen LogP contribution in [0.4, 0.5) is 5.69 Å². The molecule has 0 radical (unpaired) electrons. The first-order valence-corrected chi connectivity index (χ1v) is 10.3. The van der Waals surface area contributed by atoms with Crippen molar-refractivity contribution in [3.05, 3.63) is 44.6 Å². The minimum atomic E-state index is -3.87. The summed E-state index contributed by atoms with van der Waals surface area (Å²) in [5.41, 5.74) is 0.635. The second-order valence-electron chi connectivity index (χ2n) is 5.13. The Labute approximate surface area is 159 Å². The number of hydrogen-bond acceptors (Lipinski definition) is 5. The Bertz CT molecular complexity index is 847. The Kier molecular flexibility index (Phi) is 6.70. The molecular formula is C15H16Cl2N2O4S2. The number of hydrogen-bond donors (Lipinski definition) is 3. The van der Waals surface area contributed by atoms with Gasteiger partial charge in [-0.3, -0.25) is 9.52 Å². The van der Waals surface area contributed by atoms with E-state index in [1.165, 1.54) is 30.3 Å². The molecule has 136 valence electrons. The Morgan fingerprint density at radius 2 is 1.92 bits per heavy atom. The Morgan fingerprint density at radius 3 is 2.40 bits per heavy atom. The number of nitrogens with one attached hydrogen (secondary N) is 2. The van der Waals surface area contributed by atoms with E-state index in [1.807, 2.05) is 6.92 Å². The third kappa shape index (κ3) is 5.08. The van der Waals surface area contributed by atoms with Gasteiger partial charge in [-0.25, -0.2) is 8.42 Å². The lowest BCUT2D eigenvalue weighted by molar-refractivity contribution is 0.0915. The van der Waals surface area contributed by atoms with Crippen LogP contribution >= 0.6 is 34.5 Å². The number of rotatable bonds is 7. The third-order valence-corrected chi connectivity index (χ3v) is 6.50. The average molecular weight is 423 g/mol. The highest BCUT2D eigenvalue weighted by Crippen LogP contribution is 2.35. The van der Waals surface area contributed by atoms with Gasteiger partial charge in [0, 0.05) is 11.3 Å². The van der Waals surface area contributed by atoms with Crippen molar-refractivity contribution in [2.75, 3.05) is 11.3 Å². The summed E-state index contributed by atoms with van der Waals surface area (Å²) in [6, 6.07) is 6.86. The van der Waals surface area contributed by atoms with Crippen LogP contribution in [0, 0.1) is 0 Å². The maximum absolute atomic E-state index is 12.3. The number of carbonyl (C=O) groups is 1. The number of halogens is 2. The molecule has 0 aliphatic carbocycles. The fraction of sp³-hybridized carbons (Fsp3) is 0.267. The highest BCUT2D eigenvalue weighted by molar-refractivity contribution is 7.93. The van der Waals surface area contributed by atoms with Crippen LogP contribution in [-0.4, -0.2) is 32.1 Å². The second-order valence-corrected chi connectivity index (χ2v) is 9.07. The fourth-order valence-electron chi connectivity index (χ4n) is 1.95. The molecule has 0 bridgehead atoms. The van der Waals surface area contributed by atoms with E-state index in [-0.39, 0.29) is 37.8 Å². The zero-order chi connectivity index (χ0) is 18.6. The number of amides is 1. The van der Waals surface area contributed by atoms with Gasteiger partial charge >= 0.3 is 0 Å². The van der Waals surface area contributed by atoms with Crippen LogP contribution in [0.15, 0.2) is 35.2 Å². The van der Waals surface area contributed by atoms with Crippen LogP contribution < -0.4 is 10.0 Å². The maximum Gasteiger partial charge on any atom is 0.264 e. The van der Waals surface area contributed by atoms with Crippen molar-refractivity contribution >= 4 is 56.2 Å².